The van der Waals surface area contributed by atoms with Crippen LogP contribution in [0.5, 0.6) is 0 Å². The second-order valence-corrected chi connectivity index (χ2v) is 2.81. The van der Waals surface area contributed by atoms with Crippen molar-refractivity contribution in [2.75, 3.05) is 0 Å². The zero-order valence-corrected chi connectivity index (χ0v) is 7.32. The summed E-state index contributed by atoms with van der Waals surface area (Å²) in [6.45, 7) is 6.16. The summed E-state index contributed by atoms with van der Waals surface area (Å²) in [7, 11) is 0. The molecule has 34 valence electrons. The van der Waals surface area contributed by atoms with Gasteiger partial charge in [0.25, 0.3) is 0 Å². The maximum atomic E-state index is 5.07. The summed E-state index contributed by atoms with van der Waals surface area (Å²) < 4.78 is 5.07. The first-order chi connectivity index (χ1) is 2.56. The summed E-state index contributed by atoms with van der Waals surface area (Å²) >= 11 is 0.903. The number of hydrogen-bond acceptors (Lipinski definition) is 1. The van der Waals surface area contributed by atoms with Crippen LogP contribution in [0.1, 0.15) is 20.8 Å². The average Bonchev–Trinajstić information content (AvgIpc) is 1.35. The van der Waals surface area contributed by atoms with Crippen LogP contribution in [0.2, 0.25) is 0 Å². The molecule has 0 fully saturated rings. The third kappa shape index (κ3) is 5.06. The van der Waals surface area contributed by atoms with Gasteiger partial charge < -0.3 is 0 Å². The first-order valence-electron chi connectivity index (χ1n) is 1.94. The zero-order chi connectivity index (χ0) is 5.21. The normalized spacial score (nSPS) is 11.7. The van der Waals surface area contributed by atoms with Gasteiger partial charge in [0.2, 0.25) is 0 Å². The van der Waals surface area contributed by atoms with E-state index in [1.54, 1.807) is 0 Å². The Morgan fingerprint density at radius 2 is 1.50 bits per heavy atom. The number of rotatable bonds is 0. The van der Waals surface area contributed by atoms with Crippen molar-refractivity contribution in [3.05, 3.63) is 0 Å². The van der Waals surface area contributed by atoms with E-state index in [1.165, 1.54) is 0 Å². The van der Waals surface area contributed by atoms with Crippen molar-refractivity contribution in [1.82, 2.24) is 0 Å². The van der Waals surface area contributed by atoms with E-state index in [0.717, 1.165) is 31.5 Å². The molecular weight excluding hydrogens is 153 g/mol. The molecule has 0 atom stereocenters. The Morgan fingerprint density at radius 3 is 1.50 bits per heavy atom. The maximum absolute atomic E-state index is 5.07. The van der Waals surface area contributed by atoms with Crippen LogP contribution in [-0.4, -0.2) is 5.60 Å². The van der Waals surface area contributed by atoms with Gasteiger partial charge in [-0.1, -0.05) is 0 Å². The first-order valence-corrected chi connectivity index (χ1v) is 3.10. The Hall–Kier alpha value is 1.06. The summed E-state index contributed by atoms with van der Waals surface area (Å²) in [4.78, 5) is 0. The van der Waals surface area contributed by atoms with Crippen molar-refractivity contribution >= 4 is 0 Å². The van der Waals surface area contributed by atoms with Gasteiger partial charge in [0.1, 0.15) is 0 Å². The van der Waals surface area contributed by atoms with Crippen LogP contribution in [-0.2, 0) is 33.5 Å². The minimum absolute atomic E-state index is 0.0994. The molecule has 0 rings (SSSR count). The fourth-order valence-corrected chi connectivity index (χ4v) is 0. The summed E-state index contributed by atoms with van der Waals surface area (Å²) in [5.41, 5.74) is 0.0994. The van der Waals surface area contributed by atoms with Crippen molar-refractivity contribution in [3.63, 3.8) is 0 Å². The minimum atomic E-state index is 0.0994. The predicted molar refractivity (Wildman–Crippen MR) is 20.8 cm³/mol. The van der Waals surface area contributed by atoms with Crippen LogP contribution in [0.15, 0.2) is 0 Å². The predicted octanol–water partition coefficient (Wildman–Crippen LogP) is 1.26. The van der Waals surface area contributed by atoms with Gasteiger partial charge in [-0.25, -0.2) is 0 Å². The molecule has 0 aromatic rings. The van der Waals surface area contributed by atoms with Gasteiger partial charge in [-0.05, 0) is 0 Å². The molecule has 0 unspecified atom stereocenters. The molecule has 0 aliphatic carbocycles. The molecule has 0 heterocycles. The molecule has 0 N–H and O–H groups in total. The third-order valence-corrected chi connectivity index (χ3v) is 2.09. The Kier molecular flexibility index (Phi) is 2.82. The molecule has 1 nitrogen and oxygen atoms in total. The Bertz CT molecular complexity index is 37.3. The molecule has 0 radical (unpaired) electrons. The van der Waals surface area contributed by atoms with Gasteiger partial charge in [0.05, 0.1) is 0 Å². The molecule has 0 aromatic heterocycles. The second-order valence-electron chi connectivity index (χ2n) is 2.23. The number of hydrogen-bond donors (Lipinski definition) is 0. The summed E-state index contributed by atoms with van der Waals surface area (Å²) in [5.74, 6) is 0. The van der Waals surface area contributed by atoms with Crippen LogP contribution in [0.4, 0.5) is 0 Å². The average molecular weight is 162 g/mol. The molecule has 0 aliphatic rings. The van der Waals surface area contributed by atoms with E-state index in [1.807, 2.05) is 0 Å². The summed E-state index contributed by atoms with van der Waals surface area (Å²) in [6.07, 6.45) is 0. The Morgan fingerprint density at radius 1 is 1.33 bits per heavy atom. The van der Waals surface area contributed by atoms with Crippen LogP contribution in [0.25, 0.3) is 0 Å². The van der Waals surface area contributed by atoms with Gasteiger partial charge in [-0.15, -0.1) is 0 Å². The van der Waals surface area contributed by atoms with Crippen molar-refractivity contribution in [2.24, 2.45) is 0 Å². The molecule has 0 amide bonds. The quantitative estimate of drug-likeness (QED) is 0.521. The monoisotopic (exact) mass is 162 g/mol. The summed E-state index contributed by atoms with van der Waals surface area (Å²) in [6, 6.07) is 0. The van der Waals surface area contributed by atoms with E-state index in [4.69, 9.17) is 2.05 Å². The fourth-order valence-electron chi connectivity index (χ4n) is 0. The zero-order valence-electron chi connectivity index (χ0n) is 4.49. The third-order valence-electron chi connectivity index (χ3n) is 0.354. The molecule has 0 bridgehead atoms. The van der Waals surface area contributed by atoms with E-state index in [2.05, 4.69) is 20.8 Å². The molecule has 0 saturated heterocycles. The molecule has 2 heteroatoms. The molecular formula is C4H9OY. The molecule has 0 aromatic carbocycles. The van der Waals surface area contributed by atoms with Crippen LogP contribution in [0, 0.1) is 0 Å². The summed E-state index contributed by atoms with van der Waals surface area (Å²) in [5, 5.41) is 0. The molecule has 0 spiro atoms. The van der Waals surface area contributed by atoms with Crippen molar-refractivity contribution in [2.45, 2.75) is 26.4 Å². The van der Waals surface area contributed by atoms with E-state index in [9.17, 15) is 0 Å². The topological polar surface area (TPSA) is 9.23 Å². The van der Waals surface area contributed by atoms with Gasteiger partial charge >= 0.3 is 59.9 Å². The Labute approximate surface area is 59.7 Å². The van der Waals surface area contributed by atoms with E-state index < -0.39 is 0 Å². The first kappa shape index (κ1) is 7.06. The van der Waals surface area contributed by atoms with E-state index >= 15 is 0 Å². The van der Waals surface area contributed by atoms with Gasteiger partial charge in [-0.2, -0.15) is 0 Å². The van der Waals surface area contributed by atoms with Crippen LogP contribution < -0.4 is 0 Å². The van der Waals surface area contributed by atoms with Gasteiger partial charge in [0.15, 0.2) is 0 Å². The van der Waals surface area contributed by atoms with E-state index in [0.29, 0.717) is 0 Å². The second kappa shape index (κ2) is 2.39. The standard InChI is InChI=1S/C4H9O.Y/c1-4(2,3)5;/h1-3H3;/q-1;+1. The van der Waals surface area contributed by atoms with Crippen molar-refractivity contribution < 1.29 is 33.5 Å². The van der Waals surface area contributed by atoms with Gasteiger partial charge in [-0.3, -0.25) is 0 Å². The molecule has 6 heavy (non-hydrogen) atoms. The van der Waals surface area contributed by atoms with Crippen molar-refractivity contribution in [3.8, 4) is 0 Å². The molecule has 0 saturated carbocycles. The SMILES string of the molecule is CC(C)(C)[O][Y]. The van der Waals surface area contributed by atoms with Crippen molar-refractivity contribution in [1.29, 1.82) is 0 Å². The van der Waals surface area contributed by atoms with Gasteiger partial charge in [0, 0.05) is 0 Å². The van der Waals surface area contributed by atoms with Crippen LogP contribution in [0.3, 0.4) is 0 Å². The van der Waals surface area contributed by atoms with Crippen LogP contribution >= 0.6 is 0 Å². The van der Waals surface area contributed by atoms with E-state index in [-0.39, 0.29) is 5.60 Å². The molecule has 0 aliphatic heterocycles. The Balaban J connectivity index is 3.17. The fraction of sp³-hybridized carbons (Fsp3) is 1.00.